The summed E-state index contributed by atoms with van der Waals surface area (Å²) in [5.74, 6) is -2.57. The Bertz CT molecular complexity index is 835. The van der Waals surface area contributed by atoms with Crippen LogP contribution in [0.5, 0.6) is 0 Å². The van der Waals surface area contributed by atoms with Gasteiger partial charge in [-0.1, -0.05) is 44.2 Å². The molecule has 0 bridgehead atoms. The predicted molar refractivity (Wildman–Crippen MR) is 106 cm³/mol. The van der Waals surface area contributed by atoms with Gasteiger partial charge in [0.25, 0.3) is 5.91 Å². The molecule has 1 amide bonds. The van der Waals surface area contributed by atoms with Crippen LogP contribution < -0.4 is 0 Å². The van der Waals surface area contributed by atoms with Gasteiger partial charge in [0.2, 0.25) is 5.78 Å². The quantitative estimate of drug-likeness (QED) is 0.400. The molecule has 146 valence electrons. The zero-order valence-electron chi connectivity index (χ0n) is 16.2. The first-order chi connectivity index (χ1) is 13.6. The van der Waals surface area contributed by atoms with Gasteiger partial charge in [-0.05, 0) is 30.8 Å². The van der Waals surface area contributed by atoms with Crippen LogP contribution in [0.3, 0.4) is 0 Å². The first-order valence-corrected chi connectivity index (χ1v) is 9.64. The predicted octanol–water partition coefficient (Wildman–Crippen LogP) is 2.37. The lowest BCUT2D eigenvalue weighted by Crippen LogP contribution is -2.38. The molecule has 2 aromatic rings. The van der Waals surface area contributed by atoms with E-state index in [0.29, 0.717) is 18.7 Å². The zero-order valence-corrected chi connectivity index (χ0v) is 16.2. The summed E-state index contributed by atoms with van der Waals surface area (Å²) in [6, 6.07) is 11.9. The summed E-state index contributed by atoms with van der Waals surface area (Å²) in [7, 11) is 0. The number of amides is 1. The lowest BCUT2D eigenvalue weighted by Gasteiger charge is -2.29. The van der Waals surface area contributed by atoms with Crippen molar-refractivity contribution in [1.82, 2.24) is 14.8 Å². The molecular formula is C22H25N3O3. The second-order valence-electron chi connectivity index (χ2n) is 6.82. The molecule has 6 nitrogen and oxygen atoms in total. The number of hydrogen-bond acceptors (Lipinski definition) is 5. The maximum Gasteiger partial charge on any atom is 0.291 e. The number of nitrogens with zero attached hydrogens (tertiary/aromatic N) is 3. The van der Waals surface area contributed by atoms with E-state index >= 15 is 0 Å². The molecule has 3 rings (SSSR count). The van der Waals surface area contributed by atoms with Gasteiger partial charge in [-0.25, -0.2) is 0 Å². The van der Waals surface area contributed by atoms with Crippen molar-refractivity contribution in [3.63, 3.8) is 0 Å². The summed E-state index contributed by atoms with van der Waals surface area (Å²) < 4.78 is 0. The molecular weight excluding hydrogens is 354 g/mol. The minimum atomic E-state index is -1.03. The Morgan fingerprint density at radius 2 is 1.68 bits per heavy atom. The minimum absolute atomic E-state index is 0.333. The number of likely N-dealkylation sites (N-methyl/N-ethyl adjacent to an activating group) is 1. The van der Waals surface area contributed by atoms with Crippen LogP contribution in [0.25, 0.3) is 0 Å². The van der Waals surface area contributed by atoms with E-state index in [4.69, 9.17) is 0 Å². The number of hydrogen-bond donors (Lipinski definition) is 0. The van der Waals surface area contributed by atoms with Gasteiger partial charge < -0.3 is 9.80 Å². The van der Waals surface area contributed by atoms with Crippen LogP contribution in [0, 0.1) is 5.92 Å². The number of benzene rings is 1. The Morgan fingerprint density at radius 1 is 1.04 bits per heavy atom. The van der Waals surface area contributed by atoms with Crippen LogP contribution in [-0.4, -0.2) is 58.4 Å². The topological polar surface area (TPSA) is 70.6 Å². The molecule has 2 heterocycles. The molecule has 1 fully saturated rings. The van der Waals surface area contributed by atoms with Gasteiger partial charge in [-0.15, -0.1) is 0 Å². The Hall–Kier alpha value is -2.86. The number of rotatable bonds is 8. The van der Waals surface area contributed by atoms with Crippen molar-refractivity contribution in [2.45, 2.75) is 19.9 Å². The van der Waals surface area contributed by atoms with Crippen molar-refractivity contribution in [3.8, 4) is 0 Å². The van der Waals surface area contributed by atoms with Crippen LogP contribution >= 0.6 is 0 Å². The standard InChI is InChI=1S/C22H25N3O3/c1-3-24(4-2)14-15-25-19(16-8-6-5-7-9-16)18(21(27)22(25)28)20(26)17-10-12-23-13-11-17/h5-13,18-19H,3-4,14-15H2,1-2H3. The molecule has 1 aromatic carbocycles. The van der Waals surface area contributed by atoms with E-state index < -0.39 is 23.7 Å². The van der Waals surface area contributed by atoms with Gasteiger partial charge in [0.05, 0.1) is 6.04 Å². The fourth-order valence-electron chi connectivity index (χ4n) is 3.73. The third kappa shape index (κ3) is 3.87. The maximum atomic E-state index is 13.1. The lowest BCUT2D eigenvalue weighted by molar-refractivity contribution is -0.140. The average molecular weight is 379 g/mol. The number of pyridine rings is 1. The van der Waals surface area contributed by atoms with Crippen LogP contribution in [0.2, 0.25) is 0 Å². The van der Waals surface area contributed by atoms with Crippen molar-refractivity contribution < 1.29 is 14.4 Å². The Balaban J connectivity index is 1.97. The number of carbonyl (C=O) groups is 3. The highest BCUT2D eigenvalue weighted by molar-refractivity contribution is 6.44. The fraction of sp³-hybridized carbons (Fsp3) is 0.364. The second-order valence-corrected chi connectivity index (χ2v) is 6.82. The van der Waals surface area contributed by atoms with Crippen LogP contribution in [0.4, 0.5) is 0 Å². The molecule has 1 aliphatic heterocycles. The molecule has 0 saturated carbocycles. The van der Waals surface area contributed by atoms with Crippen LogP contribution in [0.1, 0.15) is 35.8 Å². The van der Waals surface area contributed by atoms with Gasteiger partial charge >= 0.3 is 0 Å². The molecule has 1 aromatic heterocycles. The normalized spacial score (nSPS) is 19.5. The van der Waals surface area contributed by atoms with E-state index in [1.54, 1.807) is 17.0 Å². The fourth-order valence-corrected chi connectivity index (χ4v) is 3.73. The highest BCUT2D eigenvalue weighted by Crippen LogP contribution is 2.37. The van der Waals surface area contributed by atoms with E-state index in [-0.39, 0.29) is 5.78 Å². The molecule has 0 aliphatic carbocycles. The van der Waals surface area contributed by atoms with Crippen LogP contribution in [-0.2, 0) is 9.59 Å². The first-order valence-electron chi connectivity index (χ1n) is 9.64. The monoisotopic (exact) mass is 379 g/mol. The lowest BCUT2D eigenvalue weighted by atomic mass is 9.86. The number of carbonyl (C=O) groups excluding carboxylic acids is 3. The third-order valence-electron chi connectivity index (χ3n) is 5.35. The van der Waals surface area contributed by atoms with E-state index in [0.717, 1.165) is 18.7 Å². The van der Waals surface area contributed by atoms with Crippen molar-refractivity contribution >= 4 is 17.5 Å². The van der Waals surface area contributed by atoms with Gasteiger partial charge in [0, 0.05) is 31.0 Å². The van der Waals surface area contributed by atoms with Crippen molar-refractivity contribution in [2.24, 2.45) is 5.92 Å². The molecule has 0 radical (unpaired) electrons. The van der Waals surface area contributed by atoms with Crippen LogP contribution in [0.15, 0.2) is 54.9 Å². The highest BCUT2D eigenvalue weighted by Gasteiger charge is 2.51. The molecule has 1 aliphatic rings. The summed E-state index contributed by atoms with van der Waals surface area (Å²) in [6.07, 6.45) is 3.04. The highest BCUT2D eigenvalue weighted by atomic mass is 16.2. The second kappa shape index (κ2) is 8.89. The van der Waals surface area contributed by atoms with Gasteiger partial charge in [-0.3, -0.25) is 19.4 Å². The molecule has 2 atom stereocenters. The SMILES string of the molecule is CCN(CC)CCN1C(=O)C(=O)C(C(=O)c2ccncc2)C1c1ccccc1. The summed E-state index contributed by atoms with van der Waals surface area (Å²) in [6.45, 7) is 6.91. The molecule has 1 saturated heterocycles. The largest absolute Gasteiger partial charge is 0.327 e. The maximum absolute atomic E-state index is 13.1. The van der Waals surface area contributed by atoms with Crippen molar-refractivity contribution in [3.05, 3.63) is 66.0 Å². The summed E-state index contributed by atoms with van der Waals surface area (Å²) in [5, 5.41) is 0. The number of ketones is 2. The smallest absolute Gasteiger partial charge is 0.291 e. The Kier molecular flexibility index (Phi) is 6.31. The summed E-state index contributed by atoms with van der Waals surface area (Å²) in [5.41, 5.74) is 1.20. The van der Waals surface area contributed by atoms with Crippen molar-refractivity contribution in [1.29, 1.82) is 0 Å². The molecule has 28 heavy (non-hydrogen) atoms. The number of Topliss-reactive ketones (excluding diaryl/α,β-unsaturated/α-hetero) is 2. The first kappa shape index (κ1) is 19.9. The average Bonchev–Trinajstić information content (AvgIpc) is 3.00. The molecule has 2 unspecified atom stereocenters. The van der Waals surface area contributed by atoms with E-state index in [1.807, 2.05) is 30.3 Å². The Morgan fingerprint density at radius 3 is 2.29 bits per heavy atom. The Labute approximate surface area is 165 Å². The third-order valence-corrected chi connectivity index (χ3v) is 5.35. The summed E-state index contributed by atoms with van der Waals surface area (Å²) >= 11 is 0. The van der Waals surface area contributed by atoms with Gasteiger partial charge in [0.15, 0.2) is 5.78 Å². The van der Waals surface area contributed by atoms with E-state index in [9.17, 15) is 14.4 Å². The number of aromatic nitrogens is 1. The van der Waals surface area contributed by atoms with Gasteiger partial charge in [-0.2, -0.15) is 0 Å². The van der Waals surface area contributed by atoms with Crippen molar-refractivity contribution in [2.75, 3.05) is 26.2 Å². The number of likely N-dealkylation sites (tertiary alicyclic amines) is 1. The summed E-state index contributed by atoms with van der Waals surface area (Å²) in [4.78, 5) is 46.5. The van der Waals surface area contributed by atoms with Gasteiger partial charge in [0.1, 0.15) is 5.92 Å². The van der Waals surface area contributed by atoms with E-state index in [2.05, 4.69) is 23.7 Å². The molecule has 0 spiro atoms. The molecule has 6 heteroatoms. The zero-order chi connectivity index (χ0) is 20.1. The van der Waals surface area contributed by atoms with E-state index in [1.165, 1.54) is 12.4 Å². The molecule has 0 N–H and O–H groups in total. The minimum Gasteiger partial charge on any atom is -0.327 e.